The lowest BCUT2D eigenvalue weighted by Gasteiger charge is -2.28. The first-order valence-electron chi connectivity index (χ1n) is 12.5. The number of rotatable bonds is 4. The van der Waals surface area contributed by atoms with Gasteiger partial charge in [-0.15, -0.1) is 11.3 Å². The molecular weight excluding hydrogens is 501 g/mol. The summed E-state index contributed by atoms with van der Waals surface area (Å²) >= 11 is 1.35. The Hall–Kier alpha value is -4.11. The predicted molar refractivity (Wildman–Crippen MR) is 145 cm³/mol. The zero-order valence-electron chi connectivity index (χ0n) is 21.4. The summed E-state index contributed by atoms with van der Waals surface area (Å²) in [4.78, 5) is 34.2. The number of carbonyl (C=O) groups excluding carboxylic acids is 1. The highest BCUT2D eigenvalue weighted by molar-refractivity contribution is 7.15. The fourth-order valence-corrected chi connectivity index (χ4v) is 6.08. The van der Waals surface area contributed by atoms with Crippen LogP contribution in [0.1, 0.15) is 33.8 Å². The largest absolute Gasteiger partial charge is 0.338 e. The Kier molecular flexibility index (Phi) is 5.95. The average molecular weight is 528 g/mol. The first-order valence-corrected chi connectivity index (χ1v) is 13.4. The molecular formula is C29H26FN5O2S. The van der Waals surface area contributed by atoms with Crippen molar-refractivity contribution in [3.63, 3.8) is 0 Å². The molecule has 192 valence electrons. The molecule has 6 rings (SSSR count). The summed E-state index contributed by atoms with van der Waals surface area (Å²) < 4.78 is 17.2. The summed E-state index contributed by atoms with van der Waals surface area (Å²) in [6, 6.07) is 14.5. The van der Waals surface area contributed by atoms with Crippen LogP contribution in [0, 0.1) is 26.6 Å². The molecule has 7 nitrogen and oxygen atoms in total. The van der Waals surface area contributed by atoms with Gasteiger partial charge in [-0.3, -0.25) is 14.0 Å². The van der Waals surface area contributed by atoms with Gasteiger partial charge in [-0.2, -0.15) is 5.10 Å². The van der Waals surface area contributed by atoms with Crippen molar-refractivity contribution in [2.24, 2.45) is 0 Å². The molecule has 3 aromatic heterocycles. The molecule has 0 aliphatic carbocycles. The van der Waals surface area contributed by atoms with E-state index >= 15 is 0 Å². The van der Waals surface area contributed by atoms with Crippen molar-refractivity contribution < 1.29 is 9.18 Å². The molecule has 4 heterocycles. The molecule has 38 heavy (non-hydrogen) atoms. The van der Waals surface area contributed by atoms with Crippen molar-refractivity contribution in [1.29, 1.82) is 0 Å². The van der Waals surface area contributed by atoms with Crippen LogP contribution in [-0.2, 0) is 24.2 Å². The molecule has 0 N–H and O–H groups in total. The van der Waals surface area contributed by atoms with Crippen LogP contribution >= 0.6 is 11.3 Å². The summed E-state index contributed by atoms with van der Waals surface area (Å²) in [5.41, 5.74) is 6.44. The van der Waals surface area contributed by atoms with Gasteiger partial charge in [-0.1, -0.05) is 30.3 Å². The van der Waals surface area contributed by atoms with E-state index in [1.165, 1.54) is 39.0 Å². The molecule has 0 unspecified atom stereocenters. The normalized spacial score (nSPS) is 13.2. The van der Waals surface area contributed by atoms with Crippen molar-refractivity contribution in [3.8, 4) is 16.9 Å². The SMILES string of the molecule is Cc1ccc(F)cc1-n1nc(-c2c(C)nc3scc(CC(=O)N4CCc5ccccc5C4)n3c2=O)cc1C. The molecule has 5 aromatic rings. The summed E-state index contributed by atoms with van der Waals surface area (Å²) in [6.45, 7) is 6.77. The lowest BCUT2D eigenvalue weighted by molar-refractivity contribution is -0.131. The predicted octanol–water partition coefficient (Wildman–Crippen LogP) is 4.80. The van der Waals surface area contributed by atoms with Gasteiger partial charge in [0.25, 0.3) is 5.56 Å². The molecule has 1 amide bonds. The third-order valence-corrected chi connectivity index (χ3v) is 8.05. The first-order chi connectivity index (χ1) is 18.3. The fraction of sp³-hybridized carbons (Fsp3) is 0.241. The van der Waals surface area contributed by atoms with E-state index in [2.05, 4.69) is 22.2 Å². The smallest absolute Gasteiger partial charge is 0.268 e. The summed E-state index contributed by atoms with van der Waals surface area (Å²) in [5, 5.41) is 6.51. The van der Waals surface area contributed by atoms with Gasteiger partial charge < -0.3 is 4.90 Å². The number of aryl methyl sites for hydroxylation is 3. The van der Waals surface area contributed by atoms with Crippen LogP contribution in [0.3, 0.4) is 0 Å². The number of fused-ring (bicyclic) bond motifs is 2. The highest BCUT2D eigenvalue weighted by Gasteiger charge is 2.24. The van der Waals surface area contributed by atoms with Crippen LogP contribution in [0.25, 0.3) is 21.9 Å². The maximum absolute atomic E-state index is 14.0. The Labute approximate surface area is 222 Å². The molecule has 0 bridgehead atoms. The van der Waals surface area contributed by atoms with Gasteiger partial charge in [0.1, 0.15) is 11.5 Å². The van der Waals surface area contributed by atoms with E-state index in [0.29, 0.717) is 46.4 Å². The highest BCUT2D eigenvalue weighted by Crippen LogP contribution is 2.26. The van der Waals surface area contributed by atoms with E-state index in [4.69, 9.17) is 0 Å². The van der Waals surface area contributed by atoms with Gasteiger partial charge >= 0.3 is 0 Å². The van der Waals surface area contributed by atoms with Gasteiger partial charge in [-0.25, -0.2) is 14.1 Å². The van der Waals surface area contributed by atoms with Crippen LogP contribution in [0.5, 0.6) is 0 Å². The van der Waals surface area contributed by atoms with Crippen LogP contribution in [0.15, 0.2) is 58.7 Å². The van der Waals surface area contributed by atoms with Gasteiger partial charge in [0, 0.05) is 29.9 Å². The molecule has 0 fully saturated rings. The number of carbonyl (C=O) groups is 1. The van der Waals surface area contributed by atoms with E-state index in [1.54, 1.807) is 17.7 Å². The monoisotopic (exact) mass is 527 g/mol. The average Bonchev–Trinajstić information content (AvgIpc) is 3.48. The second-order valence-electron chi connectivity index (χ2n) is 9.75. The molecule has 1 aliphatic rings. The van der Waals surface area contributed by atoms with E-state index in [9.17, 15) is 14.0 Å². The lowest BCUT2D eigenvalue weighted by Crippen LogP contribution is -2.37. The Balaban J connectivity index is 1.36. The second-order valence-corrected chi connectivity index (χ2v) is 10.6. The fourth-order valence-electron chi connectivity index (χ4n) is 5.15. The number of halogens is 1. The van der Waals surface area contributed by atoms with E-state index in [1.807, 2.05) is 42.3 Å². The molecule has 0 atom stereocenters. The van der Waals surface area contributed by atoms with Gasteiger partial charge in [0.2, 0.25) is 5.91 Å². The topological polar surface area (TPSA) is 72.5 Å². The maximum atomic E-state index is 14.0. The van der Waals surface area contributed by atoms with Crippen molar-refractivity contribution in [2.75, 3.05) is 6.54 Å². The van der Waals surface area contributed by atoms with E-state index in [-0.39, 0.29) is 23.7 Å². The Morgan fingerprint density at radius 1 is 1.08 bits per heavy atom. The van der Waals surface area contributed by atoms with Gasteiger partial charge in [0.05, 0.1) is 23.4 Å². The number of amides is 1. The molecule has 0 spiro atoms. The molecule has 1 aliphatic heterocycles. The minimum absolute atomic E-state index is 0.0186. The number of hydrogen-bond acceptors (Lipinski definition) is 5. The standard InChI is InChI=1S/C29H26FN5O2S/c1-17-8-9-22(30)13-25(17)35-18(2)12-24(32-35)27-19(3)31-29-34(28(27)37)23(16-38-29)14-26(36)33-11-10-20-6-4-5-7-21(20)15-33/h4-9,12-13,16H,10-11,14-15H2,1-3H3. The van der Waals surface area contributed by atoms with Crippen LogP contribution in [-0.4, -0.2) is 36.5 Å². The summed E-state index contributed by atoms with van der Waals surface area (Å²) in [7, 11) is 0. The van der Waals surface area contributed by atoms with Crippen molar-refractivity contribution in [1.82, 2.24) is 24.1 Å². The zero-order valence-corrected chi connectivity index (χ0v) is 22.2. The summed E-state index contributed by atoms with van der Waals surface area (Å²) in [5.74, 6) is -0.374. The van der Waals surface area contributed by atoms with Crippen molar-refractivity contribution in [3.05, 3.63) is 104 Å². The molecule has 0 radical (unpaired) electrons. The minimum atomic E-state index is -0.355. The van der Waals surface area contributed by atoms with Crippen LogP contribution < -0.4 is 5.56 Å². The third-order valence-electron chi connectivity index (χ3n) is 7.18. The molecule has 2 aromatic carbocycles. The number of nitrogens with zero attached hydrogens (tertiary/aromatic N) is 5. The molecule has 9 heteroatoms. The number of aromatic nitrogens is 4. The first kappa shape index (κ1) is 24.2. The van der Waals surface area contributed by atoms with Crippen LogP contribution in [0.2, 0.25) is 0 Å². The van der Waals surface area contributed by atoms with E-state index < -0.39 is 0 Å². The molecule has 0 saturated heterocycles. The van der Waals surface area contributed by atoms with E-state index in [0.717, 1.165) is 17.7 Å². The van der Waals surface area contributed by atoms with Crippen molar-refractivity contribution in [2.45, 2.75) is 40.2 Å². The zero-order chi connectivity index (χ0) is 26.6. The third kappa shape index (κ3) is 4.12. The Morgan fingerprint density at radius 2 is 1.87 bits per heavy atom. The second kappa shape index (κ2) is 9.33. The van der Waals surface area contributed by atoms with Gasteiger partial charge in [0.15, 0.2) is 4.96 Å². The number of thiazole rings is 1. The summed E-state index contributed by atoms with van der Waals surface area (Å²) in [6.07, 6.45) is 0.937. The highest BCUT2D eigenvalue weighted by atomic mass is 32.1. The lowest BCUT2D eigenvalue weighted by atomic mass is 9.99. The molecule has 0 saturated carbocycles. The quantitative estimate of drug-likeness (QED) is 0.337. The van der Waals surface area contributed by atoms with Gasteiger partial charge in [-0.05, 0) is 62.1 Å². The number of hydrogen-bond donors (Lipinski definition) is 0. The maximum Gasteiger partial charge on any atom is 0.268 e. The number of benzene rings is 2. The van der Waals surface area contributed by atoms with Crippen molar-refractivity contribution >= 4 is 22.2 Å². The Bertz CT molecular complexity index is 1780. The minimum Gasteiger partial charge on any atom is -0.338 e. The Morgan fingerprint density at radius 3 is 2.68 bits per heavy atom. The van der Waals surface area contributed by atoms with Crippen LogP contribution in [0.4, 0.5) is 4.39 Å².